The Kier molecular flexibility index (Phi) is 5.94. The van der Waals surface area contributed by atoms with Gasteiger partial charge in [-0.3, -0.25) is 14.3 Å². The molecule has 3 rings (SSSR count). The van der Waals surface area contributed by atoms with Crippen LogP contribution < -0.4 is 4.72 Å². The Balaban J connectivity index is 2.15. The van der Waals surface area contributed by atoms with Crippen molar-refractivity contribution < 1.29 is 12.6 Å². The van der Waals surface area contributed by atoms with Crippen LogP contribution in [0.25, 0.3) is 22.2 Å². The maximum absolute atomic E-state index is 12.6. The zero-order chi connectivity index (χ0) is 21.2. The fourth-order valence-electron chi connectivity index (χ4n) is 2.94. The van der Waals surface area contributed by atoms with Gasteiger partial charge in [0.05, 0.1) is 11.1 Å². The highest BCUT2D eigenvalue weighted by atomic mass is 32.2. The zero-order valence-electron chi connectivity index (χ0n) is 16.2. The largest absolute Gasteiger partial charge is 0.335 e. The third kappa shape index (κ3) is 4.28. The SMILES string of the molecule is CN=CCC(=N)S(=O)(=O)Nc1ccnc2c1c(-c1cccc(S(C)=O)c1)cn2C. The van der Waals surface area contributed by atoms with Crippen molar-refractivity contribution in [2.24, 2.45) is 12.0 Å². The quantitative estimate of drug-likeness (QED) is 0.461. The van der Waals surface area contributed by atoms with E-state index in [1.165, 1.54) is 19.5 Å². The molecule has 0 fully saturated rings. The van der Waals surface area contributed by atoms with E-state index in [0.29, 0.717) is 21.6 Å². The van der Waals surface area contributed by atoms with Crippen LogP contribution >= 0.6 is 0 Å². The van der Waals surface area contributed by atoms with E-state index < -0.39 is 25.9 Å². The summed E-state index contributed by atoms with van der Waals surface area (Å²) in [6.07, 6.45) is 6.25. The minimum Gasteiger partial charge on any atom is -0.335 e. The van der Waals surface area contributed by atoms with E-state index in [2.05, 4.69) is 14.7 Å². The summed E-state index contributed by atoms with van der Waals surface area (Å²) in [4.78, 5) is 8.76. The van der Waals surface area contributed by atoms with Crippen molar-refractivity contribution in [1.82, 2.24) is 9.55 Å². The van der Waals surface area contributed by atoms with E-state index in [4.69, 9.17) is 5.41 Å². The van der Waals surface area contributed by atoms with Crippen LogP contribution in [0.15, 0.2) is 52.6 Å². The monoisotopic (exact) mass is 431 g/mol. The van der Waals surface area contributed by atoms with Gasteiger partial charge < -0.3 is 9.56 Å². The first-order chi connectivity index (χ1) is 13.7. The molecule has 0 saturated heterocycles. The molecule has 0 amide bonds. The predicted molar refractivity (Wildman–Crippen MR) is 118 cm³/mol. The van der Waals surface area contributed by atoms with E-state index in [0.717, 1.165) is 11.1 Å². The lowest BCUT2D eigenvalue weighted by atomic mass is 10.1. The third-order valence-corrected chi connectivity index (χ3v) is 6.58. The first-order valence-electron chi connectivity index (χ1n) is 8.63. The molecule has 0 radical (unpaired) electrons. The molecule has 8 nitrogen and oxygen atoms in total. The number of nitrogens with one attached hydrogen (secondary N) is 2. The molecular weight excluding hydrogens is 410 g/mol. The molecule has 3 aromatic rings. The van der Waals surface area contributed by atoms with E-state index in [1.54, 1.807) is 23.0 Å². The summed E-state index contributed by atoms with van der Waals surface area (Å²) in [5, 5.41) is 7.98. The molecule has 0 saturated carbocycles. The van der Waals surface area contributed by atoms with Crippen LogP contribution in [-0.2, 0) is 27.9 Å². The maximum atomic E-state index is 12.6. The number of benzene rings is 1. The number of anilines is 1. The summed E-state index contributed by atoms with van der Waals surface area (Å²) in [5.74, 6) is 0. The highest BCUT2D eigenvalue weighted by Gasteiger charge is 2.21. The van der Waals surface area contributed by atoms with Gasteiger partial charge in [0.2, 0.25) is 0 Å². The Morgan fingerprint density at radius 2 is 2.14 bits per heavy atom. The Bertz CT molecular complexity index is 1250. The average Bonchev–Trinajstić information content (AvgIpc) is 3.03. The molecule has 0 aliphatic rings. The number of hydrogen-bond acceptors (Lipinski definition) is 6. The number of rotatable bonds is 6. The van der Waals surface area contributed by atoms with Gasteiger partial charge in [-0.15, -0.1) is 0 Å². The summed E-state index contributed by atoms with van der Waals surface area (Å²) in [6, 6.07) is 8.84. The van der Waals surface area contributed by atoms with Crippen LogP contribution in [0.4, 0.5) is 5.69 Å². The number of pyridine rings is 1. The van der Waals surface area contributed by atoms with Crippen LogP contribution in [0.1, 0.15) is 6.42 Å². The second kappa shape index (κ2) is 8.26. The van der Waals surface area contributed by atoms with Gasteiger partial charge in [-0.1, -0.05) is 12.1 Å². The number of hydrogen-bond donors (Lipinski definition) is 2. The topological polar surface area (TPSA) is 117 Å². The van der Waals surface area contributed by atoms with Crippen molar-refractivity contribution in [2.45, 2.75) is 11.3 Å². The molecule has 0 aliphatic heterocycles. The van der Waals surface area contributed by atoms with Gasteiger partial charge in [-0.25, -0.2) is 4.98 Å². The van der Waals surface area contributed by atoms with Gasteiger partial charge in [0.15, 0.2) is 0 Å². The molecule has 2 N–H and O–H groups in total. The van der Waals surface area contributed by atoms with Crippen molar-refractivity contribution in [2.75, 3.05) is 18.0 Å². The highest BCUT2D eigenvalue weighted by Crippen LogP contribution is 2.35. The fraction of sp³-hybridized carbons (Fsp3) is 0.211. The first-order valence-corrected chi connectivity index (χ1v) is 11.7. The first kappa shape index (κ1) is 20.9. The second-order valence-corrected chi connectivity index (χ2v) is 9.45. The molecule has 1 aromatic carbocycles. The third-order valence-electron chi connectivity index (χ3n) is 4.36. The lowest BCUT2D eigenvalue weighted by Crippen LogP contribution is -2.22. The number of aliphatic imine (C=N–C) groups is 1. The van der Waals surface area contributed by atoms with Gasteiger partial charge in [0.25, 0.3) is 10.0 Å². The van der Waals surface area contributed by atoms with Crippen molar-refractivity contribution in [1.29, 1.82) is 5.41 Å². The molecule has 10 heteroatoms. The number of fused-ring (bicyclic) bond motifs is 1. The van der Waals surface area contributed by atoms with E-state index in [9.17, 15) is 12.6 Å². The van der Waals surface area contributed by atoms with Gasteiger partial charge in [-0.2, -0.15) is 8.42 Å². The predicted octanol–water partition coefficient (Wildman–Crippen LogP) is 2.79. The molecule has 1 atom stereocenters. The summed E-state index contributed by atoms with van der Waals surface area (Å²) in [7, 11) is -1.84. The van der Waals surface area contributed by atoms with Crippen molar-refractivity contribution in [3.63, 3.8) is 0 Å². The van der Waals surface area contributed by atoms with Gasteiger partial charge >= 0.3 is 0 Å². The van der Waals surface area contributed by atoms with Gasteiger partial charge in [0.1, 0.15) is 10.7 Å². The molecule has 2 aromatic heterocycles. The van der Waals surface area contributed by atoms with E-state index >= 15 is 0 Å². The molecular formula is C19H21N5O3S2. The summed E-state index contributed by atoms with van der Waals surface area (Å²) in [5.41, 5.74) is 2.46. The van der Waals surface area contributed by atoms with Crippen LogP contribution in [0, 0.1) is 5.41 Å². The molecule has 0 bridgehead atoms. The van der Waals surface area contributed by atoms with E-state index in [1.807, 2.05) is 31.4 Å². The summed E-state index contributed by atoms with van der Waals surface area (Å²) in [6.45, 7) is 0. The second-order valence-electron chi connectivity index (χ2n) is 6.37. The fourth-order valence-corrected chi connectivity index (χ4v) is 4.38. The Morgan fingerprint density at radius 3 is 2.83 bits per heavy atom. The summed E-state index contributed by atoms with van der Waals surface area (Å²) < 4.78 is 41.3. The number of nitrogens with zero attached hydrogens (tertiary/aromatic N) is 3. The Labute approximate surface area is 171 Å². The molecule has 2 heterocycles. The molecule has 0 aliphatic carbocycles. The minimum atomic E-state index is -4.03. The number of aromatic nitrogens is 2. The summed E-state index contributed by atoms with van der Waals surface area (Å²) >= 11 is 0. The Morgan fingerprint density at radius 1 is 1.38 bits per heavy atom. The minimum absolute atomic E-state index is 0.0912. The van der Waals surface area contributed by atoms with Crippen LogP contribution in [-0.4, -0.2) is 46.7 Å². The smallest absolute Gasteiger partial charge is 0.275 e. The normalized spacial score (nSPS) is 13.1. The maximum Gasteiger partial charge on any atom is 0.275 e. The van der Waals surface area contributed by atoms with Crippen LogP contribution in [0.3, 0.4) is 0 Å². The zero-order valence-corrected chi connectivity index (χ0v) is 17.8. The van der Waals surface area contributed by atoms with Gasteiger partial charge in [-0.05, 0) is 23.8 Å². The standard InChI is InChI=1S/C19H21N5O3S2/c1-21-9-8-17(20)29(26,27)23-16-7-10-22-19-18(16)15(12-24(19)2)13-5-4-6-14(11-13)28(3)25/h4-7,9-12,20H,8H2,1-3H3,(H,22,23). The number of aryl methyl sites for hydroxylation is 1. The number of sulfonamides is 1. The lowest BCUT2D eigenvalue weighted by Gasteiger charge is -2.11. The molecule has 29 heavy (non-hydrogen) atoms. The molecule has 1 unspecified atom stereocenters. The van der Waals surface area contributed by atoms with E-state index in [-0.39, 0.29) is 6.42 Å². The van der Waals surface area contributed by atoms with Crippen LogP contribution in [0.5, 0.6) is 0 Å². The lowest BCUT2D eigenvalue weighted by molar-refractivity contribution is 0.611. The van der Waals surface area contributed by atoms with Crippen molar-refractivity contribution in [3.05, 3.63) is 42.7 Å². The molecule has 0 spiro atoms. The molecule has 152 valence electrons. The van der Waals surface area contributed by atoms with Crippen LogP contribution in [0.2, 0.25) is 0 Å². The van der Waals surface area contributed by atoms with Crippen molar-refractivity contribution in [3.8, 4) is 11.1 Å². The van der Waals surface area contributed by atoms with Crippen molar-refractivity contribution >= 4 is 48.8 Å². The Hall–Kier alpha value is -2.85. The highest BCUT2D eigenvalue weighted by molar-refractivity contribution is 8.07. The average molecular weight is 432 g/mol. The van der Waals surface area contributed by atoms with Gasteiger partial charge in [0, 0.05) is 66.6 Å².